The van der Waals surface area contributed by atoms with Crippen LogP contribution in [0.3, 0.4) is 0 Å². The summed E-state index contributed by atoms with van der Waals surface area (Å²) < 4.78 is 27.8. The molecule has 2 N–H and O–H groups in total. The Balaban J connectivity index is 2.92. The lowest BCUT2D eigenvalue weighted by molar-refractivity contribution is -0.0115. The molecule has 0 saturated carbocycles. The van der Waals surface area contributed by atoms with Gasteiger partial charge in [0, 0.05) is 4.57 Å². The fourth-order valence-electron chi connectivity index (χ4n) is 1.97. The van der Waals surface area contributed by atoms with Gasteiger partial charge in [-0.05, 0) is 25.1 Å². The highest BCUT2D eigenvalue weighted by Gasteiger charge is 2.52. The molecule has 0 aliphatic carbocycles. The summed E-state index contributed by atoms with van der Waals surface area (Å²) in [5.41, 5.74) is 0. The Morgan fingerprint density at radius 1 is 1.30 bits per heavy atom. The van der Waals surface area contributed by atoms with E-state index in [9.17, 15) is 9.67 Å². The normalized spacial score (nSPS) is 32.5. The first-order valence-corrected chi connectivity index (χ1v) is 10.8. The standard InChI is InChI=1S/C12H25O6PSi/c1-8-10(18-20(5,6)12(2,3)4)11(17-19(14)15)9(7-13)16-8/h8-11,13H,7H2,1-6H3/p+1/t8-,9+,10-,11+/m0/s1. The lowest BCUT2D eigenvalue weighted by Gasteiger charge is -2.39. The highest BCUT2D eigenvalue weighted by atomic mass is 31.1. The average Bonchev–Trinajstić information content (AvgIpc) is 2.54. The first-order valence-electron chi connectivity index (χ1n) is 6.76. The smallest absolute Gasteiger partial charge is 0.408 e. The molecule has 0 bridgehead atoms. The molecule has 1 heterocycles. The van der Waals surface area contributed by atoms with E-state index in [-0.39, 0.29) is 17.7 Å². The van der Waals surface area contributed by atoms with Crippen molar-refractivity contribution in [3.63, 3.8) is 0 Å². The van der Waals surface area contributed by atoms with Crippen LogP contribution in [0.15, 0.2) is 0 Å². The number of aliphatic hydroxyl groups excluding tert-OH is 1. The molecular formula is C12H26O6PSi+. The van der Waals surface area contributed by atoms with Crippen molar-refractivity contribution in [2.24, 2.45) is 0 Å². The summed E-state index contributed by atoms with van der Waals surface area (Å²) in [5.74, 6) is 0. The van der Waals surface area contributed by atoms with E-state index in [2.05, 4.69) is 33.9 Å². The molecule has 0 aromatic rings. The first kappa shape index (κ1) is 18.2. The van der Waals surface area contributed by atoms with E-state index in [1.807, 2.05) is 6.92 Å². The Bertz CT molecular complexity index is 356. The third-order valence-corrected chi connectivity index (χ3v) is 9.07. The minimum Gasteiger partial charge on any atom is -0.408 e. The molecule has 8 heteroatoms. The van der Waals surface area contributed by atoms with Crippen LogP contribution in [0.25, 0.3) is 0 Å². The maximum atomic E-state index is 11.0. The van der Waals surface area contributed by atoms with Crippen molar-refractivity contribution in [2.75, 3.05) is 6.61 Å². The molecule has 0 radical (unpaired) electrons. The van der Waals surface area contributed by atoms with Gasteiger partial charge in [-0.15, -0.1) is 9.42 Å². The molecule has 20 heavy (non-hydrogen) atoms. The second-order valence-corrected chi connectivity index (χ2v) is 12.2. The van der Waals surface area contributed by atoms with Crippen LogP contribution in [-0.2, 0) is 18.3 Å². The number of aliphatic hydroxyl groups is 1. The van der Waals surface area contributed by atoms with Crippen molar-refractivity contribution in [3.8, 4) is 0 Å². The zero-order valence-corrected chi connectivity index (χ0v) is 14.9. The van der Waals surface area contributed by atoms with Gasteiger partial charge in [0.2, 0.25) is 0 Å². The van der Waals surface area contributed by atoms with E-state index in [4.69, 9.17) is 18.6 Å². The fraction of sp³-hybridized carbons (Fsp3) is 1.00. The molecule has 1 aliphatic rings. The van der Waals surface area contributed by atoms with Crippen molar-refractivity contribution >= 4 is 16.6 Å². The number of ether oxygens (including phenoxy) is 1. The SMILES string of the molecule is C[C@@H]1O[C@H](CO)[C@@H](O[P+](=O)O)[C@H]1O[Si](C)(C)C(C)(C)C. The van der Waals surface area contributed by atoms with Crippen LogP contribution in [0.4, 0.5) is 0 Å². The summed E-state index contributed by atoms with van der Waals surface area (Å²) in [4.78, 5) is 8.99. The van der Waals surface area contributed by atoms with Gasteiger partial charge in [-0.25, -0.2) is 0 Å². The van der Waals surface area contributed by atoms with E-state index in [0.29, 0.717) is 0 Å². The van der Waals surface area contributed by atoms with Gasteiger partial charge in [0.05, 0.1) is 12.7 Å². The zero-order chi connectivity index (χ0) is 15.7. The molecule has 118 valence electrons. The molecule has 0 amide bonds. The fourth-order valence-corrected chi connectivity index (χ4v) is 3.79. The topological polar surface area (TPSA) is 85.2 Å². The summed E-state index contributed by atoms with van der Waals surface area (Å²) in [7, 11) is -4.83. The van der Waals surface area contributed by atoms with Gasteiger partial charge in [-0.3, -0.25) is 0 Å². The number of hydrogen-bond donors (Lipinski definition) is 2. The van der Waals surface area contributed by atoms with E-state index in [1.54, 1.807) is 0 Å². The summed E-state index contributed by atoms with van der Waals surface area (Å²) in [6.07, 6.45) is -2.09. The predicted molar refractivity (Wildman–Crippen MR) is 78.2 cm³/mol. The lowest BCUT2D eigenvalue weighted by Crippen LogP contribution is -2.49. The Morgan fingerprint density at radius 2 is 1.85 bits per heavy atom. The second-order valence-electron chi connectivity index (χ2n) is 6.71. The van der Waals surface area contributed by atoms with Crippen LogP contribution in [0, 0.1) is 0 Å². The highest BCUT2D eigenvalue weighted by Crippen LogP contribution is 2.41. The van der Waals surface area contributed by atoms with Crippen molar-refractivity contribution in [1.82, 2.24) is 0 Å². The quantitative estimate of drug-likeness (QED) is 0.595. The van der Waals surface area contributed by atoms with Crippen LogP contribution >= 0.6 is 8.25 Å². The Labute approximate surface area is 122 Å². The average molecular weight is 325 g/mol. The monoisotopic (exact) mass is 325 g/mol. The van der Waals surface area contributed by atoms with Gasteiger partial charge in [0.15, 0.2) is 14.4 Å². The molecule has 6 nitrogen and oxygen atoms in total. The third kappa shape index (κ3) is 4.07. The van der Waals surface area contributed by atoms with Crippen LogP contribution in [0.1, 0.15) is 27.7 Å². The molecule has 1 unspecified atom stereocenters. The molecule has 1 fully saturated rings. The molecule has 0 aromatic carbocycles. The Kier molecular flexibility index (Phi) is 5.89. The van der Waals surface area contributed by atoms with Gasteiger partial charge < -0.3 is 14.3 Å². The first-order chi connectivity index (χ1) is 8.99. The summed E-state index contributed by atoms with van der Waals surface area (Å²) in [5, 5.41) is 9.33. The van der Waals surface area contributed by atoms with E-state index >= 15 is 0 Å². The zero-order valence-electron chi connectivity index (χ0n) is 13.0. The molecule has 1 rings (SSSR count). The van der Waals surface area contributed by atoms with Gasteiger partial charge in [-0.1, -0.05) is 20.8 Å². The Hall–Kier alpha value is 0.117. The number of hydrogen-bond acceptors (Lipinski definition) is 5. The molecular weight excluding hydrogens is 299 g/mol. The number of rotatable bonds is 5. The maximum absolute atomic E-state index is 11.0. The summed E-state index contributed by atoms with van der Waals surface area (Å²) >= 11 is 0. The van der Waals surface area contributed by atoms with Gasteiger partial charge in [0.1, 0.15) is 12.2 Å². The van der Waals surface area contributed by atoms with Gasteiger partial charge in [0.25, 0.3) is 0 Å². The van der Waals surface area contributed by atoms with E-state index in [0.717, 1.165) is 0 Å². The van der Waals surface area contributed by atoms with E-state index in [1.165, 1.54) is 0 Å². The second kappa shape index (κ2) is 6.48. The Morgan fingerprint density at radius 3 is 2.25 bits per heavy atom. The van der Waals surface area contributed by atoms with Crippen molar-refractivity contribution in [1.29, 1.82) is 0 Å². The molecule has 0 aromatic heterocycles. The van der Waals surface area contributed by atoms with Crippen LogP contribution in [-0.4, -0.2) is 49.3 Å². The van der Waals surface area contributed by atoms with Crippen LogP contribution in [0.2, 0.25) is 18.1 Å². The highest BCUT2D eigenvalue weighted by molar-refractivity contribution is 7.32. The predicted octanol–water partition coefficient (Wildman–Crippen LogP) is 2.19. The largest absolute Gasteiger partial charge is 0.695 e. The molecule has 1 saturated heterocycles. The van der Waals surface area contributed by atoms with E-state index < -0.39 is 34.9 Å². The molecule has 0 spiro atoms. The molecule has 5 atom stereocenters. The summed E-state index contributed by atoms with van der Waals surface area (Å²) in [6.45, 7) is 12.1. The van der Waals surface area contributed by atoms with Crippen molar-refractivity contribution in [2.45, 2.75) is 70.2 Å². The molecule has 1 aliphatic heterocycles. The minimum atomic E-state index is -2.76. The lowest BCUT2D eigenvalue weighted by atomic mass is 10.1. The van der Waals surface area contributed by atoms with Crippen molar-refractivity contribution < 1.29 is 28.3 Å². The van der Waals surface area contributed by atoms with Gasteiger partial charge >= 0.3 is 8.25 Å². The minimum absolute atomic E-state index is 0.00991. The van der Waals surface area contributed by atoms with Crippen LogP contribution < -0.4 is 0 Å². The van der Waals surface area contributed by atoms with Gasteiger partial charge in [-0.2, -0.15) is 0 Å². The van der Waals surface area contributed by atoms with Crippen LogP contribution in [0.5, 0.6) is 0 Å². The van der Waals surface area contributed by atoms with Crippen molar-refractivity contribution in [3.05, 3.63) is 0 Å². The maximum Gasteiger partial charge on any atom is 0.695 e. The third-order valence-electron chi connectivity index (χ3n) is 4.17. The summed E-state index contributed by atoms with van der Waals surface area (Å²) in [6, 6.07) is 0.